The number of halogens is 2. The van der Waals surface area contributed by atoms with Gasteiger partial charge in [0.15, 0.2) is 6.10 Å². The molecule has 0 aromatic heterocycles. The van der Waals surface area contributed by atoms with Gasteiger partial charge in [-0.3, -0.25) is 4.79 Å². The summed E-state index contributed by atoms with van der Waals surface area (Å²) < 4.78 is 5.53. The molecule has 0 bridgehead atoms. The molecule has 0 aliphatic heterocycles. The summed E-state index contributed by atoms with van der Waals surface area (Å²) in [7, 11) is 0. The lowest BCUT2D eigenvalue weighted by Crippen LogP contribution is -2.41. The van der Waals surface area contributed by atoms with Crippen LogP contribution in [0.25, 0.3) is 0 Å². The Morgan fingerprint density at radius 2 is 2.16 bits per heavy atom. The van der Waals surface area contributed by atoms with Crippen molar-refractivity contribution in [2.24, 2.45) is 0 Å². The van der Waals surface area contributed by atoms with Crippen LogP contribution in [-0.4, -0.2) is 41.7 Å². The quantitative estimate of drug-likeness (QED) is 0.879. The third kappa shape index (κ3) is 4.27. The molecule has 1 amide bonds. The fraction of sp³-hybridized carbons (Fsp3) is 0.462. The number of benzene rings is 1. The Bertz CT molecular complexity index is 440. The molecule has 1 rings (SSSR count). The van der Waals surface area contributed by atoms with E-state index in [0.29, 0.717) is 17.3 Å². The number of aliphatic hydroxyl groups excluding tert-OH is 1. The highest BCUT2D eigenvalue weighted by Crippen LogP contribution is 2.32. The first kappa shape index (κ1) is 16.1. The van der Waals surface area contributed by atoms with Crippen molar-refractivity contribution in [2.45, 2.75) is 20.0 Å². The highest BCUT2D eigenvalue weighted by atomic mass is 35.5. The van der Waals surface area contributed by atoms with E-state index >= 15 is 0 Å². The van der Waals surface area contributed by atoms with E-state index in [-0.39, 0.29) is 24.1 Å². The van der Waals surface area contributed by atoms with E-state index in [1.54, 1.807) is 25.1 Å². The molecular weight excluding hydrogens is 289 g/mol. The molecule has 4 nitrogen and oxygen atoms in total. The van der Waals surface area contributed by atoms with Crippen LogP contribution in [0.5, 0.6) is 5.75 Å². The maximum absolute atomic E-state index is 12.1. The van der Waals surface area contributed by atoms with Crippen LogP contribution in [0.4, 0.5) is 0 Å². The Morgan fingerprint density at radius 3 is 2.74 bits per heavy atom. The lowest BCUT2D eigenvalue weighted by molar-refractivity contribution is -0.138. The number of rotatable bonds is 6. The lowest BCUT2D eigenvalue weighted by atomic mass is 10.3. The van der Waals surface area contributed by atoms with Crippen molar-refractivity contribution < 1.29 is 14.6 Å². The summed E-state index contributed by atoms with van der Waals surface area (Å²) >= 11 is 11.9. The molecule has 0 heterocycles. The van der Waals surface area contributed by atoms with E-state index < -0.39 is 6.10 Å². The summed E-state index contributed by atoms with van der Waals surface area (Å²) in [5.74, 6) is 0.169. The Hall–Kier alpha value is -0.970. The Morgan fingerprint density at radius 1 is 1.47 bits per heavy atom. The summed E-state index contributed by atoms with van der Waals surface area (Å²) in [6.07, 6.45) is -0.692. The Kier molecular flexibility index (Phi) is 6.42. The van der Waals surface area contributed by atoms with E-state index in [4.69, 9.17) is 33.0 Å². The Balaban J connectivity index is 2.76. The monoisotopic (exact) mass is 305 g/mol. The number of ether oxygens (including phenoxy) is 1. The van der Waals surface area contributed by atoms with Crippen LogP contribution >= 0.6 is 23.2 Å². The predicted molar refractivity (Wildman–Crippen MR) is 75.9 cm³/mol. The topological polar surface area (TPSA) is 49.8 Å². The van der Waals surface area contributed by atoms with Crippen LogP contribution in [0.1, 0.15) is 13.8 Å². The molecule has 0 saturated carbocycles. The van der Waals surface area contributed by atoms with Crippen molar-refractivity contribution in [1.29, 1.82) is 0 Å². The van der Waals surface area contributed by atoms with Crippen LogP contribution in [0.15, 0.2) is 18.2 Å². The van der Waals surface area contributed by atoms with Crippen LogP contribution in [0.2, 0.25) is 10.0 Å². The van der Waals surface area contributed by atoms with Gasteiger partial charge < -0.3 is 14.7 Å². The van der Waals surface area contributed by atoms with Gasteiger partial charge in [0, 0.05) is 13.1 Å². The van der Waals surface area contributed by atoms with Crippen LogP contribution < -0.4 is 4.74 Å². The fourth-order valence-electron chi connectivity index (χ4n) is 1.62. The molecule has 0 radical (unpaired) electrons. The molecule has 19 heavy (non-hydrogen) atoms. The van der Waals surface area contributed by atoms with Crippen molar-refractivity contribution in [1.82, 2.24) is 4.90 Å². The largest absolute Gasteiger partial charge is 0.479 e. The summed E-state index contributed by atoms with van der Waals surface area (Å²) in [6.45, 7) is 4.19. The standard InChI is InChI=1S/C13H17Cl2NO3/c1-3-16(7-8-17)13(18)9(2)19-11-6-4-5-10(14)12(11)15/h4-6,9,17H,3,7-8H2,1-2H3/t9-/m1/s1. The van der Waals surface area contributed by atoms with Crippen molar-refractivity contribution in [3.63, 3.8) is 0 Å². The van der Waals surface area contributed by atoms with Gasteiger partial charge in [-0.2, -0.15) is 0 Å². The van der Waals surface area contributed by atoms with E-state index in [1.807, 2.05) is 6.92 Å². The second kappa shape index (κ2) is 7.58. The summed E-state index contributed by atoms with van der Waals surface area (Å²) in [5.41, 5.74) is 0. The molecule has 106 valence electrons. The minimum atomic E-state index is -0.692. The SMILES string of the molecule is CCN(CCO)C(=O)[C@@H](C)Oc1cccc(Cl)c1Cl. The van der Waals surface area contributed by atoms with Gasteiger partial charge in [-0.1, -0.05) is 29.3 Å². The summed E-state index contributed by atoms with van der Waals surface area (Å²) in [5, 5.41) is 9.56. The average Bonchev–Trinajstić information content (AvgIpc) is 2.40. The molecule has 0 spiro atoms. The summed E-state index contributed by atoms with van der Waals surface area (Å²) in [4.78, 5) is 13.6. The zero-order valence-corrected chi connectivity index (χ0v) is 12.4. The molecule has 0 fully saturated rings. The third-order valence-corrected chi connectivity index (χ3v) is 3.43. The fourth-order valence-corrected chi connectivity index (χ4v) is 1.95. The number of amides is 1. The molecule has 0 aliphatic rings. The predicted octanol–water partition coefficient (Wildman–Crippen LogP) is 2.60. The van der Waals surface area contributed by atoms with Crippen molar-refractivity contribution >= 4 is 29.1 Å². The number of nitrogens with zero attached hydrogens (tertiary/aromatic N) is 1. The van der Waals surface area contributed by atoms with Gasteiger partial charge in [-0.05, 0) is 26.0 Å². The molecule has 1 N–H and O–H groups in total. The molecule has 0 saturated heterocycles. The number of carbonyl (C=O) groups is 1. The highest BCUT2D eigenvalue weighted by Gasteiger charge is 2.21. The second-order valence-electron chi connectivity index (χ2n) is 3.95. The van der Waals surface area contributed by atoms with Gasteiger partial charge in [0.05, 0.1) is 11.6 Å². The number of carbonyl (C=O) groups excluding carboxylic acids is 1. The second-order valence-corrected chi connectivity index (χ2v) is 4.74. The van der Waals surface area contributed by atoms with Crippen molar-refractivity contribution in [3.05, 3.63) is 28.2 Å². The molecule has 1 aromatic carbocycles. The van der Waals surface area contributed by atoms with E-state index in [2.05, 4.69) is 0 Å². The Labute approximate surface area is 122 Å². The zero-order chi connectivity index (χ0) is 14.4. The van der Waals surface area contributed by atoms with Crippen LogP contribution in [0.3, 0.4) is 0 Å². The molecule has 0 unspecified atom stereocenters. The van der Waals surface area contributed by atoms with Gasteiger partial charge in [-0.25, -0.2) is 0 Å². The first-order chi connectivity index (χ1) is 9.01. The number of hydrogen-bond acceptors (Lipinski definition) is 3. The first-order valence-corrected chi connectivity index (χ1v) is 6.77. The molecule has 1 aromatic rings. The molecule has 1 atom stereocenters. The maximum atomic E-state index is 12.1. The summed E-state index contributed by atoms with van der Waals surface area (Å²) in [6, 6.07) is 5.00. The van der Waals surface area contributed by atoms with Gasteiger partial charge >= 0.3 is 0 Å². The van der Waals surface area contributed by atoms with Crippen LogP contribution in [0, 0.1) is 0 Å². The minimum absolute atomic E-state index is 0.0791. The maximum Gasteiger partial charge on any atom is 0.263 e. The smallest absolute Gasteiger partial charge is 0.263 e. The van der Waals surface area contributed by atoms with Gasteiger partial charge in [0.1, 0.15) is 10.8 Å². The first-order valence-electron chi connectivity index (χ1n) is 6.01. The highest BCUT2D eigenvalue weighted by molar-refractivity contribution is 6.42. The molecular formula is C13H17Cl2NO3. The van der Waals surface area contributed by atoms with E-state index in [0.717, 1.165) is 0 Å². The average molecular weight is 306 g/mol. The van der Waals surface area contributed by atoms with Gasteiger partial charge in [-0.15, -0.1) is 0 Å². The lowest BCUT2D eigenvalue weighted by Gasteiger charge is -2.24. The van der Waals surface area contributed by atoms with E-state index in [9.17, 15) is 4.79 Å². The van der Waals surface area contributed by atoms with Gasteiger partial charge in [0.2, 0.25) is 0 Å². The number of aliphatic hydroxyl groups is 1. The zero-order valence-electron chi connectivity index (χ0n) is 10.9. The molecule has 6 heteroatoms. The number of hydrogen-bond donors (Lipinski definition) is 1. The number of likely N-dealkylation sites (N-methyl/N-ethyl adjacent to an activating group) is 1. The molecule has 0 aliphatic carbocycles. The van der Waals surface area contributed by atoms with E-state index in [1.165, 1.54) is 4.90 Å². The van der Waals surface area contributed by atoms with Gasteiger partial charge in [0.25, 0.3) is 5.91 Å². The van der Waals surface area contributed by atoms with Crippen molar-refractivity contribution in [3.8, 4) is 5.75 Å². The minimum Gasteiger partial charge on any atom is -0.479 e. The van der Waals surface area contributed by atoms with Crippen molar-refractivity contribution in [2.75, 3.05) is 19.7 Å². The third-order valence-electron chi connectivity index (χ3n) is 2.63. The van der Waals surface area contributed by atoms with Crippen LogP contribution in [-0.2, 0) is 4.79 Å². The normalized spacial score (nSPS) is 12.1.